The summed E-state index contributed by atoms with van der Waals surface area (Å²) in [6.45, 7) is 3.03. The molecule has 1 atom stereocenters. The highest BCUT2D eigenvalue weighted by Gasteiger charge is 2.39. The van der Waals surface area contributed by atoms with Gasteiger partial charge in [-0.15, -0.1) is 0 Å². The fraction of sp³-hybridized carbons (Fsp3) is 0.350. The van der Waals surface area contributed by atoms with Gasteiger partial charge >= 0.3 is 0 Å². The van der Waals surface area contributed by atoms with Gasteiger partial charge in [-0.25, -0.2) is 8.42 Å². The molecule has 0 bridgehead atoms. The van der Waals surface area contributed by atoms with Crippen LogP contribution in [0.3, 0.4) is 0 Å². The summed E-state index contributed by atoms with van der Waals surface area (Å²) in [6.07, 6.45) is 1.05. The van der Waals surface area contributed by atoms with E-state index in [0.29, 0.717) is 54.8 Å². The highest BCUT2D eigenvalue weighted by atomic mass is 35.5. The number of aryl methyl sites for hydroxylation is 1. The summed E-state index contributed by atoms with van der Waals surface area (Å²) in [7, 11) is -3.77. The van der Waals surface area contributed by atoms with Crippen LogP contribution in [0.25, 0.3) is 0 Å². The molecule has 9 heteroatoms. The van der Waals surface area contributed by atoms with Crippen LogP contribution in [0.5, 0.6) is 11.5 Å². The number of ether oxygens (including phenoxy) is 2. The maximum absolute atomic E-state index is 13.1. The van der Waals surface area contributed by atoms with Crippen molar-refractivity contribution in [2.45, 2.75) is 30.7 Å². The molecule has 0 unspecified atom stereocenters. The van der Waals surface area contributed by atoms with Gasteiger partial charge < -0.3 is 14.8 Å². The van der Waals surface area contributed by atoms with Crippen LogP contribution >= 0.6 is 11.6 Å². The number of hydrogen-bond acceptors (Lipinski definition) is 5. The molecule has 2 aliphatic rings. The molecule has 1 saturated heterocycles. The van der Waals surface area contributed by atoms with Crippen LogP contribution in [0.2, 0.25) is 5.02 Å². The van der Waals surface area contributed by atoms with Crippen molar-refractivity contribution >= 4 is 33.2 Å². The number of nitrogens with one attached hydrogen (secondary N) is 1. The molecule has 154 valence electrons. The molecule has 2 aromatic rings. The summed E-state index contributed by atoms with van der Waals surface area (Å²) in [4.78, 5) is 13.1. The van der Waals surface area contributed by atoms with Gasteiger partial charge in [-0.2, -0.15) is 4.31 Å². The number of sulfonamides is 1. The van der Waals surface area contributed by atoms with Gasteiger partial charge in [0.1, 0.15) is 19.3 Å². The number of rotatable bonds is 4. The first kappa shape index (κ1) is 20.0. The molecular formula is C20H21ClN2O5S. The number of carbonyl (C=O) groups is 1. The summed E-state index contributed by atoms with van der Waals surface area (Å²) < 4.78 is 38.4. The fourth-order valence-electron chi connectivity index (χ4n) is 3.51. The Morgan fingerprint density at radius 1 is 1.14 bits per heavy atom. The van der Waals surface area contributed by atoms with Crippen molar-refractivity contribution in [1.82, 2.24) is 4.31 Å². The van der Waals surface area contributed by atoms with Gasteiger partial charge in [0.2, 0.25) is 15.9 Å². The van der Waals surface area contributed by atoms with E-state index in [9.17, 15) is 13.2 Å². The van der Waals surface area contributed by atoms with E-state index in [2.05, 4.69) is 5.32 Å². The predicted octanol–water partition coefficient (Wildman–Crippen LogP) is 3.21. The fourth-order valence-corrected chi connectivity index (χ4v) is 5.37. The van der Waals surface area contributed by atoms with Crippen LogP contribution in [-0.4, -0.2) is 44.4 Å². The van der Waals surface area contributed by atoms with Gasteiger partial charge in [-0.1, -0.05) is 29.3 Å². The highest BCUT2D eigenvalue weighted by Crippen LogP contribution is 2.38. The van der Waals surface area contributed by atoms with Crippen molar-refractivity contribution < 1.29 is 22.7 Å². The number of amides is 1. The molecule has 0 aliphatic carbocycles. The molecule has 4 rings (SSSR count). The van der Waals surface area contributed by atoms with E-state index in [-0.39, 0.29) is 4.90 Å². The molecular weight excluding hydrogens is 416 g/mol. The number of carbonyl (C=O) groups excluding carboxylic acids is 1. The van der Waals surface area contributed by atoms with E-state index in [1.54, 1.807) is 36.4 Å². The maximum Gasteiger partial charge on any atom is 0.243 e. The van der Waals surface area contributed by atoms with Crippen molar-refractivity contribution in [2.24, 2.45) is 0 Å². The first-order chi connectivity index (χ1) is 13.9. The molecule has 1 N–H and O–H groups in total. The quantitative estimate of drug-likeness (QED) is 0.795. The van der Waals surface area contributed by atoms with Gasteiger partial charge in [0.25, 0.3) is 0 Å². The van der Waals surface area contributed by atoms with E-state index in [1.807, 2.05) is 6.92 Å². The Morgan fingerprint density at radius 2 is 1.79 bits per heavy atom. The second kappa shape index (κ2) is 7.85. The molecule has 29 heavy (non-hydrogen) atoms. The predicted molar refractivity (Wildman–Crippen MR) is 109 cm³/mol. The van der Waals surface area contributed by atoms with Crippen molar-refractivity contribution in [3.05, 3.63) is 47.0 Å². The zero-order valence-corrected chi connectivity index (χ0v) is 17.4. The molecule has 0 spiro atoms. The Kier molecular flexibility index (Phi) is 5.42. The summed E-state index contributed by atoms with van der Waals surface area (Å²) in [5, 5.41) is 3.05. The molecule has 1 fully saturated rings. The van der Waals surface area contributed by atoms with Crippen LogP contribution in [0.1, 0.15) is 18.4 Å². The average Bonchev–Trinajstić information content (AvgIpc) is 3.20. The van der Waals surface area contributed by atoms with Gasteiger partial charge in [0.15, 0.2) is 11.5 Å². The molecule has 0 aromatic heterocycles. The zero-order valence-electron chi connectivity index (χ0n) is 15.9. The topological polar surface area (TPSA) is 84.9 Å². The molecule has 2 aromatic carbocycles. The normalized spacial score (nSPS) is 19.2. The van der Waals surface area contributed by atoms with Crippen molar-refractivity contribution in [1.29, 1.82) is 0 Å². The Labute approximate surface area is 174 Å². The molecule has 0 saturated carbocycles. The van der Waals surface area contributed by atoms with Gasteiger partial charge in [0, 0.05) is 18.7 Å². The monoisotopic (exact) mass is 436 g/mol. The number of fused-ring (bicyclic) bond motifs is 1. The van der Waals surface area contributed by atoms with Crippen molar-refractivity contribution in [3.63, 3.8) is 0 Å². The van der Waals surface area contributed by atoms with Crippen LogP contribution < -0.4 is 14.8 Å². The number of nitrogens with zero attached hydrogens (tertiary/aromatic N) is 1. The molecule has 7 nitrogen and oxygen atoms in total. The Morgan fingerprint density at radius 3 is 2.48 bits per heavy atom. The van der Waals surface area contributed by atoms with Gasteiger partial charge in [-0.05, 0) is 31.9 Å². The lowest BCUT2D eigenvalue weighted by Gasteiger charge is -2.24. The van der Waals surface area contributed by atoms with Gasteiger partial charge in [-0.3, -0.25) is 4.79 Å². The third-order valence-electron chi connectivity index (χ3n) is 5.02. The average molecular weight is 437 g/mol. The maximum atomic E-state index is 13.1. The van der Waals surface area contributed by atoms with E-state index >= 15 is 0 Å². The third-order valence-corrected chi connectivity index (χ3v) is 7.26. The lowest BCUT2D eigenvalue weighted by molar-refractivity contribution is -0.119. The van der Waals surface area contributed by atoms with Crippen LogP contribution in [-0.2, 0) is 14.8 Å². The zero-order chi connectivity index (χ0) is 20.6. The largest absolute Gasteiger partial charge is 0.486 e. The lowest BCUT2D eigenvalue weighted by atomic mass is 10.2. The summed E-state index contributed by atoms with van der Waals surface area (Å²) in [5.41, 5.74) is 1.33. The second-order valence-electron chi connectivity index (χ2n) is 7.05. The smallest absolute Gasteiger partial charge is 0.243 e. The van der Waals surface area contributed by atoms with Crippen LogP contribution in [0.15, 0.2) is 41.3 Å². The van der Waals surface area contributed by atoms with Crippen molar-refractivity contribution in [2.75, 3.05) is 25.1 Å². The Bertz CT molecular complexity index is 1040. The molecule has 2 aliphatic heterocycles. The number of hydrogen-bond donors (Lipinski definition) is 1. The lowest BCUT2D eigenvalue weighted by Crippen LogP contribution is -2.43. The summed E-state index contributed by atoms with van der Waals surface area (Å²) in [5.74, 6) is 0.590. The molecule has 2 heterocycles. The molecule has 0 radical (unpaired) electrons. The number of halogens is 1. The number of anilines is 1. The minimum Gasteiger partial charge on any atom is -0.486 e. The molecule has 1 amide bonds. The summed E-state index contributed by atoms with van der Waals surface area (Å²) >= 11 is 6.27. The first-order valence-corrected chi connectivity index (χ1v) is 11.2. The van der Waals surface area contributed by atoms with Gasteiger partial charge in [0.05, 0.1) is 15.6 Å². The van der Waals surface area contributed by atoms with Crippen LogP contribution in [0, 0.1) is 6.92 Å². The minimum absolute atomic E-state index is 0.181. The standard InChI is InChI=1S/C20H21ClN2O5S/c1-13-4-6-14(7-5-13)29(25,26)23-8-2-3-17(23)20(24)22-16-12-19-18(11-15(16)21)27-9-10-28-19/h4-7,11-12,17H,2-3,8-10H2,1H3,(H,22,24)/t17-/m0/s1. The highest BCUT2D eigenvalue weighted by molar-refractivity contribution is 7.89. The third kappa shape index (κ3) is 3.92. The van der Waals surface area contributed by atoms with E-state index in [1.165, 1.54) is 4.31 Å². The first-order valence-electron chi connectivity index (χ1n) is 9.35. The second-order valence-corrected chi connectivity index (χ2v) is 9.35. The summed E-state index contributed by atoms with van der Waals surface area (Å²) in [6, 6.07) is 9.00. The Balaban J connectivity index is 1.56. The Hall–Kier alpha value is -2.29. The van der Waals surface area contributed by atoms with E-state index in [4.69, 9.17) is 21.1 Å². The van der Waals surface area contributed by atoms with E-state index < -0.39 is 22.0 Å². The van der Waals surface area contributed by atoms with Crippen molar-refractivity contribution in [3.8, 4) is 11.5 Å². The van der Waals surface area contributed by atoms with E-state index in [0.717, 1.165) is 5.56 Å². The van der Waals surface area contributed by atoms with Crippen LogP contribution in [0.4, 0.5) is 5.69 Å². The SMILES string of the molecule is Cc1ccc(S(=O)(=O)N2CCC[C@H]2C(=O)Nc2cc3c(cc2Cl)OCCO3)cc1. The number of benzene rings is 2. The minimum atomic E-state index is -3.77.